The van der Waals surface area contributed by atoms with E-state index in [1.807, 2.05) is 4.90 Å². The zero-order chi connectivity index (χ0) is 22.3. The molecule has 3 rings (SSSR count). The summed E-state index contributed by atoms with van der Waals surface area (Å²) in [7, 11) is -3.21. The maximum atomic E-state index is 12.8. The van der Waals surface area contributed by atoms with Gasteiger partial charge in [0.15, 0.2) is 9.84 Å². The van der Waals surface area contributed by atoms with Crippen molar-refractivity contribution in [2.24, 2.45) is 0 Å². The molecule has 1 aliphatic heterocycles. The van der Waals surface area contributed by atoms with E-state index in [9.17, 15) is 13.2 Å². The highest BCUT2D eigenvalue weighted by Gasteiger charge is 2.19. The lowest BCUT2D eigenvalue weighted by atomic mass is 10.1. The summed E-state index contributed by atoms with van der Waals surface area (Å²) in [6.07, 6.45) is 5.31. The number of carbonyl (C=O) groups is 1. The molecular weight excluding hydrogens is 412 g/mol. The predicted molar refractivity (Wildman–Crippen MR) is 123 cm³/mol. The number of amides is 1. The Kier molecular flexibility index (Phi) is 7.96. The second-order valence-corrected chi connectivity index (χ2v) is 10.2. The van der Waals surface area contributed by atoms with E-state index in [0.717, 1.165) is 38.0 Å². The van der Waals surface area contributed by atoms with E-state index in [1.54, 1.807) is 24.3 Å². The van der Waals surface area contributed by atoms with Gasteiger partial charge in [-0.1, -0.05) is 17.7 Å². The highest BCUT2D eigenvalue weighted by molar-refractivity contribution is 7.90. The summed E-state index contributed by atoms with van der Waals surface area (Å²) in [6.45, 7) is 5.31. The molecule has 0 radical (unpaired) electrons. The zero-order valence-corrected chi connectivity index (χ0v) is 19.2. The standard InChI is InChI=1S/C24H32N2O4S/c1-20-7-9-21(10-8-20)26(19-24(27)25-15-4-3-5-16-25)17-6-18-30-22-11-13-23(14-12-22)31(2,28)29/h7-14H,3-6,15-19H2,1-2H3. The number of nitrogens with zero attached hydrogens (tertiary/aromatic N) is 2. The lowest BCUT2D eigenvalue weighted by Gasteiger charge is -2.31. The van der Waals surface area contributed by atoms with Crippen LogP contribution in [0.25, 0.3) is 0 Å². The van der Waals surface area contributed by atoms with Crippen LogP contribution in [0.2, 0.25) is 0 Å². The van der Waals surface area contributed by atoms with Crippen molar-refractivity contribution in [1.29, 1.82) is 0 Å². The van der Waals surface area contributed by atoms with Crippen molar-refractivity contribution in [2.75, 3.05) is 43.9 Å². The van der Waals surface area contributed by atoms with Crippen LogP contribution >= 0.6 is 0 Å². The van der Waals surface area contributed by atoms with Crippen LogP contribution in [0.5, 0.6) is 5.75 Å². The van der Waals surface area contributed by atoms with Gasteiger partial charge in [0.1, 0.15) is 5.75 Å². The molecule has 0 N–H and O–H groups in total. The summed E-state index contributed by atoms with van der Waals surface area (Å²) in [5.41, 5.74) is 2.22. The topological polar surface area (TPSA) is 66.9 Å². The second kappa shape index (κ2) is 10.7. The summed E-state index contributed by atoms with van der Waals surface area (Å²) >= 11 is 0. The molecule has 2 aromatic carbocycles. The van der Waals surface area contributed by atoms with Gasteiger partial charge in [-0.2, -0.15) is 0 Å². The molecule has 2 aromatic rings. The molecule has 31 heavy (non-hydrogen) atoms. The number of anilines is 1. The van der Waals surface area contributed by atoms with E-state index in [1.165, 1.54) is 18.2 Å². The zero-order valence-electron chi connectivity index (χ0n) is 18.4. The summed E-state index contributed by atoms with van der Waals surface area (Å²) in [5, 5.41) is 0. The van der Waals surface area contributed by atoms with Crippen LogP contribution in [-0.2, 0) is 14.6 Å². The number of piperidine rings is 1. The van der Waals surface area contributed by atoms with Gasteiger partial charge in [-0.05, 0) is 69.0 Å². The molecule has 0 bridgehead atoms. The van der Waals surface area contributed by atoms with Gasteiger partial charge in [0.2, 0.25) is 5.91 Å². The van der Waals surface area contributed by atoms with Crippen molar-refractivity contribution in [2.45, 2.75) is 37.5 Å². The fourth-order valence-corrected chi connectivity index (χ4v) is 4.32. The number of likely N-dealkylation sites (tertiary alicyclic amines) is 1. The lowest BCUT2D eigenvalue weighted by molar-refractivity contribution is -0.130. The van der Waals surface area contributed by atoms with Gasteiger partial charge < -0.3 is 14.5 Å². The fourth-order valence-electron chi connectivity index (χ4n) is 3.69. The minimum Gasteiger partial charge on any atom is -0.494 e. The molecule has 168 valence electrons. The Morgan fingerprint density at radius 1 is 1.00 bits per heavy atom. The van der Waals surface area contributed by atoms with Crippen LogP contribution in [0.4, 0.5) is 5.69 Å². The third-order valence-electron chi connectivity index (χ3n) is 5.53. The molecule has 6 nitrogen and oxygen atoms in total. The number of sulfone groups is 1. The highest BCUT2D eigenvalue weighted by Crippen LogP contribution is 2.18. The molecule has 1 saturated heterocycles. The molecule has 0 atom stereocenters. The maximum Gasteiger partial charge on any atom is 0.242 e. The van der Waals surface area contributed by atoms with Crippen LogP contribution in [0.1, 0.15) is 31.2 Å². The van der Waals surface area contributed by atoms with Crippen molar-refractivity contribution in [3.8, 4) is 5.75 Å². The third kappa shape index (κ3) is 6.99. The predicted octanol–water partition coefficient (Wildman–Crippen LogP) is 3.69. The van der Waals surface area contributed by atoms with E-state index < -0.39 is 9.84 Å². The summed E-state index contributed by atoms with van der Waals surface area (Å²) < 4.78 is 28.9. The van der Waals surface area contributed by atoms with Crippen LogP contribution in [0, 0.1) is 6.92 Å². The Morgan fingerprint density at radius 3 is 2.26 bits per heavy atom. The molecule has 0 spiro atoms. The fraction of sp³-hybridized carbons (Fsp3) is 0.458. The normalized spacial score (nSPS) is 14.3. The average molecular weight is 445 g/mol. The second-order valence-electron chi connectivity index (χ2n) is 8.14. The van der Waals surface area contributed by atoms with Gasteiger partial charge in [-0.3, -0.25) is 4.79 Å². The van der Waals surface area contributed by atoms with E-state index in [4.69, 9.17) is 4.74 Å². The van der Waals surface area contributed by atoms with E-state index in [-0.39, 0.29) is 10.8 Å². The Labute approximate surface area is 185 Å². The smallest absolute Gasteiger partial charge is 0.242 e. The molecule has 0 saturated carbocycles. The van der Waals surface area contributed by atoms with Gasteiger partial charge in [0, 0.05) is 31.6 Å². The molecule has 1 aliphatic rings. The Morgan fingerprint density at radius 2 is 1.65 bits per heavy atom. The first-order valence-corrected chi connectivity index (χ1v) is 12.7. The van der Waals surface area contributed by atoms with Gasteiger partial charge in [-0.15, -0.1) is 0 Å². The number of carbonyl (C=O) groups excluding carboxylic acids is 1. The number of aryl methyl sites for hydroxylation is 1. The first kappa shape index (κ1) is 23.1. The van der Waals surface area contributed by atoms with Gasteiger partial charge in [-0.25, -0.2) is 8.42 Å². The SMILES string of the molecule is Cc1ccc(N(CCCOc2ccc(S(C)(=O)=O)cc2)CC(=O)N2CCCCC2)cc1. The number of rotatable bonds is 9. The Hall–Kier alpha value is -2.54. The van der Waals surface area contributed by atoms with Crippen molar-refractivity contribution in [3.05, 3.63) is 54.1 Å². The molecular formula is C24H32N2O4S. The molecule has 0 unspecified atom stereocenters. The third-order valence-corrected chi connectivity index (χ3v) is 6.66. The Balaban J connectivity index is 1.56. The molecule has 7 heteroatoms. The number of hydrogen-bond donors (Lipinski definition) is 0. The van der Waals surface area contributed by atoms with E-state index in [2.05, 4.69) is 36.1 Å². The first-order chi connectivity index (χ1) is 14.8. The number of hydrogen-bond acceptors (Lipinski definition) is 5. The van der Waals surface area contributed by atoms with Crippen LogP contribution in [0.3, 0.4) is 0 Å². The maximum absolute atomic E-state index is 12.8. The van der Waals surface area contributed by atoms with Crippen molar-refractivity contribution in [1.82, 2.24) is 4.90 Å². The van der Waals surface area contributed by atoms with E-state index in [0.29, 0.717) is 25.4 Å². The van der Waals surface area contributed by atoms with Crippen molar-refractivity contribution >= 4 is 21.4 Å². The molecule has 1 fully saturated rings. The van der Waals surface area contributed by atoms with Crippen LogP contribution in [-0.4, -0.2) is 58.3 Å². The first-order valence-electron chi connectivity index (χ1n) is 10.9. The number of benzene rings is 2. The minimum absolute atomic E-state index is 0.178. The number of ether oxygens (including phenoxy) is 1. The van der Waals surface area contributed by atoms with Crippen molar-refractivity contribution in [3.63, 3.8) is 0 Å². The van der Waals surface area contributed by atoms with Crippen molar-refractivity contribution < 1.29 is 17.9 Å². The largest absolute Gasteiger partial charge is 0.494 e. The molecule has 0 aromatic heterocycles. The summed E-state index contributed by atoms with van der Waals surface area (Å²) in [4.78, 5) is 17.2. The van der Waals surface area contributed by atoms with Crippen LogP contribution in [0.15, 0.2) is 53.4 Å². The monoisotopic (exact) mass is 444 g/mol. The summed E-state index contributed by atoms with van der Waals surface area (Å²) in [5.74, 6) is 0.816. The average Bonchev–Trinajstić information content (AvgIpc) is 2.76. The van der Waals surface area contributed by atoms with E-state index >= 15 is 0 Å². The molecule has 0 aliphatic carbocycles. The lowest BCUT2D eigenvalue weighted by Crippen LogP contribution is -2.43. The highest BCUT2D eigenvalue weighted by atomic mass is 32.2. The summed E-state index contributed by atoms with van der Waals surface area (Å²) in [6, 6.07) is 14.7. The van der Waals surface area contributed by atoms with Gasteiger partial charge >= 0.3 is 0 Å². The molecule has 1 heterocycles. The van der Waals surface area contributed by atoms with Gasteiger partial charge in [0.25, 0.3) is 0 Å². The Bertz CT molecular complexity index is 950. The van der Waals surface area contributed by atoms with Crippen LogP contribution < -0.4 is 9.64 Å². The van der Waals surface area contributed by atoms with Gasteiger partial charge in [0.05, 0.1) is 18.0 Å². The minimum atomic E-state index is -3.21. The quantitative estimate of drug-likeness (QED) is 0.552. The molecule has 1 amide bonds.